The van der Waals surface area contributed by atoms with Gasteiger partial charge in [0.2, 0.25) is 0 Å². The zero-order valence-corrected chi connectivity index (χ0v) is 25.8. The molecular weight excluding hydrogens is 586 g/mol. The Morgan fingerprint density at radius 1 is 0.787 bits per heavy atom. The largest absolute Gasteiger partial charge is 0.445 e. The summed E-state index contributed by atoms with van der Waals surface area (Å²) in [6.07, 6.45) is 0.414. The van der Waals surface area contributed by atoms with Crippen LogP contribution in [0.4, 0.5) is 4.79 Å². The van der Waals surface area contributed by atoms with Gasteiger partial charge in [0.05, 0.1) is 5.60 Å². The van der Waals surface area contributed by atoms with Gasteiger partial charge in [-0.1, -0.05) is 146 Å². The normalized spacial score (nSPS) is 17.4. The fourth-order valence-corrected chi connectivity index (χ4v) is 6.81. The lowest BCUT2D eigenvalue weighted by Crippen LogP contribution is -2.47. The van der Waals surface area contributed by atoms with Gasteiger partial charge in [-0.05, 0) is 45.0 Å². The smallest absolute Gasteiger partial charge is 0.407 e. The highest BCUT2D eigenvalue weighted by Gasteiger charge is 2.43. The Morgan fingerprint density at radius 3 is 1.91 bits per heavy atom. The molecule has 0 radical (unpaired) electrons. The molecule has 0 saturated carbocycles. The fraction of sp³-hybridized carbons (Fsp3) is 0.179. The summed E-state index contributed by atoms with van der Waals surface area (Å²) >= 11 is 0. The Balaban J connectivity index is 1.22. The Kier molecular flexibility index (Phi) is 8.33. The van der Waals surface area contributed by atoms with Crippen molar-refractivity contribution in [1.82, 2.24) is 25.5 Å². The molecule has 8 heteroatoms. The van der Waals surface area contributed by atoms with E-state index in [9.17, 15) is 9.90 Å². The maximum absolute atomic E-state index is 12.8. The van der Waals surface area contributed by atoms with E-state index < -0.39 is 17.2 Å². The van der Waals surface area contributed by atoms with E-state index in [0.29, 0.717) is 12.2 Å². The van der Waals surface area contributed by atoms with E-state index in [1.165, 1.54) is 0 Å². The van der Waals surface area contributed by atoms with Crippen molar-refractivity contribution in [3.05, 3.63) is 185 Å². The van der Waals surface area contributed by atoms with E-state index in [4.69, 9.17) is 9.84 Å². The van der Waals surface area contributed by atoms with Gasteiger partial charge in [-0.25, -0.2) is 4.79 Å². The molecule has 6 aromatic rings. The van der Waals surface area contributed by atoms with E-state index in [0.717, 1.165) is 33.4 Å². The van der Waals surface area contributed by atoms with Crippen LogP contribution in [0.5, 0.6) is 0 Å². The lowest BCUT2D eigenvalue weighted by Gasteiger charge is -2.38. The van der Waals surface area contributed by atoms with Crippen molar-refractivity contribution < 1.29 is 14.6 Å². The molecule has 2 N–H and O–H groups in total. The third kappa shape index (κ3) is 6.03. The number of aromatic nitrogens is 4. The monoisotopic (exact) mass is 621 g/mol. The van der Waals surface area contributed by atoms with Crippen LogP contribution in [0.2, 0.25) is 0 Å². The van der Waals surface area contributed by atoms with Crippen molar-refractivity contribution in [1.29, 1.82) is 0 Å². The third-order valence-corrected chi connectivity index (χ3v) is 8.88. The van der Waals surface area contributed by atoms with Crippen molar-refractivity contribution in [3.63, 3.8) is 0 Å². The highest BCUT2D eigenvalue weighted by atomic mass is 16.5. The number of hydrogen-bond donors (Lipinski definition) is 2. The maximum Gasteiger partial charge on any atom is 0.407 e. The molecule has 1 aliphatic carbocycles. The van der Waals surface area contributed by atoms with E-state index in [2.05, 4.69) is 52.0 Å². The van der Waals surface area contributed by atoms with Crippen LogP contribution in [0.3, 0.4) is 0 Å². The molecular formula is C39H35N5O3. The number of alkyl carbamates (subject to hydrolysis) is 1. The second-order valence-electron chi connectivity index (χ2n) is 12.0. The average Bonchev–Trinajstić information content (AvgIpc) is 3.57. The Hall–Kier alpha value is -5.60. The number of ether oxygens (including phenoxy) is 1. The molecule has 7 rings (SSSR count). The van der Waals surface area contributed by atoms with Gasteiger partial charge in [-0.2, -0.15) is 0 Å². The minimum atomic E-state index is -1.35. The molecule has 1 aliphatic rings. The number of hydrogen-bond acceptors (Lipinski definition) is 6. The first-order valence-corrected chi connectivity index (χ1v) is 15.8. The predicted molar refractivity (Wildman–Crippen MR) is 178 cm³/mol. The highest BCUT2D eigenvalue weighted by molar-refractivity contribution is 5.68. The third-order valence-electron chi connectivity index (χ3n) is 8.88. The number of nitrogens with zero attached hydrogens (tertiary/aromatic N) is 4. The van der Waals surface area contributed by atoms with Crippen molar-refractivity contribution in [3.8, 4) is 0 Å². The second-order valence-corrected chi connectivity index (χ2v) is 12.0. The van der Waals surface area contributed by atoms with Crippen LogP contribution < -0.4 is 5.32 Å². The van der Waals surface area contributed by atoms with E-state index in [1.54, 1.807) is 4.80 Å². The van der Waals surface area contributed by atoms with Crippen molar-refractivity contribution in [2.24, 2.45) is 0 Å². The molecule has 0 aliphatic heterocycles. The summed E-state index contributed by atoms with van der Waals surface area (Å²) in [5.41, 5.74) is 3.30. The quantitative estimate of drug-likeness (QED) is 0.187. The first kappa shape index (κ1) is 30.1. The van der Waals surface area contributed by atoms with E-state index >= 15 is 0 Å². The van der Waals surface area contributed by atoms with Gasteiger partial charge >= 0.3 is 6.09 Å². The minimum absolute atomic E-state index is 0.107. The van der Waals surface area contributed by atoms with Crippen molar-refractivity contribution in [2.45, 2.75) is 43.1 Å². The van der Waals surface area contributed by atoms with Crippen LogP contribution in [0.25, 0.3) is 0 Å². The van der Waals surface area contributed by atoms with Crippen LogP contribution in [-0.4, -0.2) is 37.4 Å². The van der Waals surface area contributed by atoms with Gasteiger partial charge in [0, 0.05) is 18.9 Å². The number of tetrazole rings is 1. The molecule has 234 valence electrons. The highest BCUT2D eigenvalue weighted by Crippen LogP contribution is 2.41. The topological polar surface area (TPSA) is 102 Å². The van der Waals surface area contributed by atoms with Gasteiger partial charge < -0.3 is 15.2 Å². The Labute approximate surface area is 273 Å². The van der Waals surface area contributed by atoms with Crippen molar-refractivity contribution in [2.75, 3.05) is 0 Å². The summed E-state index contributed by atoms with van der Waals surface area (Å²) in [6.45, 7) is 0.166. The Bertz CT molecular complexity index is 1840. The van der Waals surface area contributed by atoms with Gasteiger partial charge in [-0.15, -0.1) is 15.0 Å². The Morgan fingerprint density at radius 2 is 1.32 bits per heavy atom. The molecule has 5 aromatic carbocycles. The van der Waals surface area contributed by atoms with Gasteiger partial charge in [0.1, 0.15) is 6.61 Å². The molecule has 1 amide bonds. The summed E-state index contributed by atoms with van der Waals surface area (Å²) < 4.78 is 5.50. The number of nitrogens with one attached hydrogen (secondary N) is 1. The minimum Gasteiger partial charge on any atom is -0.445 e. The summed E-state index contributed by atoms with van der Waals surface area (Å²) in [5.74, 6) is 0.391. The number of carbonyl (C=O) groups is 1. The molecule has 2 atom stereocenters. The number of rotatable bonds is 9. The lowest BCUT2D eigenvalue weighted by atomic mass is 9.75. The second kappa shape index (κ2) is 13.0. The van der Waals surface area contributed by atoms with E-state index in [1.807, 2.05) is 109 Å². The number of aliphatic hydroxyl groups is 1. The lowest BCUT2D eigenvalue weighted by molar-refractivity contribution is 0.00699. The SMILES string of the molecule is O=C(N[C@@H]1Cc2ccccc2[C@@](O)(Cc2nnn(C(c3ccccc3)(c3ccccc3)c3ccccc3)n2)C1)OCc1ccccc1. The zero-order valence-electron chi connectivity index (χ0n) is 25.8. The fourth-order valence-electron chi connectivity index (χ4n) is 6.81. The predicted octanol–water partition coefficient (Wildman–Crippen LogP) is 6.18. The molecule has 0 spiro atoms. The maximum atomic E-state index is 12.8. The number of carbonyl (C=O) groups excluding carboxylic acids is 1. The van der Waals surface area contributed by atoms with Crippen LogP contribution in [-0.2, 0) is 35.3 Å². The van der Waals surface area contributed by atoms with Crippen LogP contribution >= 0.6 is 0 Å². The standard InChI is InChI=1S/C39H35N5O3/c45-37(47-28-29-15-5-1-6-16-29)40-34-25-30-17-13-14-24-35(30)38(46,26-34)27-36-41-43-44(42-36)39(31-18-7-2-8-19-31,32-20-9-3-10-21-32)33-22-11-4-12-23-33/h1-24,34,46H,25-28H2,(H,40,45)/t34-,38+/m1/s1. The summed E-state index contributed by atoms with van der Waals surface area (Å²) in [5, 5.41) is 29.5. The molecule has 47 heavy (non-hydrogen) atoms. The zero-order chi connectivity index (χ0) is 32.1. The molecule has 0 unspecified atom stereocenters. The van der Waals surface area contributed by atoms with Gasteiger partial charge in [0.15, 0.2) is 11.4 Å². The molecule has 0 saturated heterocycles. The molecule has 0 fully saturated rings. The van der Waals surface area contributed by atoms with E-state index in [-0.39, 0.29) is 25.5 Å². The summed E-state index contributed by atoms with van der Waals surface area (Å²) in [6, 6.07) is 47.4. The summed E-state index contributed by atoms with van der Waals surface area (Å²) in [4.78, 5) is 14.5. The molecule has 1 aromatic heterocycles. The summed E-state index contributed by atoms with van der Waals surface area (Å²) in [7, 11) is 0. The van der Waals surface area contributed by atoms with Gasteiger partial charge in [-0.3, -0.25) is 0 Å². The first-order valence-electron chi connectivity index (χ1n) is 15.8. The number of benzene rings is 5. The first-order chi connectivity index (χ1) is 23.0. The molecule has 0 bridgehead atoms. The molecule has 8 nitrogen and oxygen atoms in total. The van der Waals surface area contributed by atoms with Crippen LogP contribution in [0.1, 0.15) is 45.6 Å². The van der Waals surface area contributed by atoms with Gasteiger partial charge in [0.25, 0.3) is 0 Å². The number of amides is 1. The number of fused-ring (bicyclic) bond motifs is 1. The van der Waals surface area contributed by atoms with Crippen molar-refractivity contribution >= 4 is 6.09 Å². The van der Waals surface area contributed by atoms with Crippen LogP contribution in [0, 0.1) is 0 Å². The average molecular weight is 622 g/mol. The van der Waals surface area contributed by atoms with Crippen LogP contribution in [0.15, 0.2) is 146 Å². The molecule has 1 heterocycles.